The SMILES string of the molecule is CN=C(NCCn1cccn1)NCC1(c2ccc(OC)c(OC)c2)CCCCC1. The number of guanidine groups is 1. The number of hydrogen-bond acceptors (Lipinski definition) is 4. The summed E-state index contributed by atoms with van der Waals surface area (Å²) in [6.07, 6.45) is 9.84. The molecule has 1 heterocycles. The number of aliphatic imine (C=N–C) groups is 1. The van der Waals surface area contributed by atoms with Crippen molar-refractivity contribution in [2.24, 2.45) is 4.99 Å². The van der Waals surface area contributed by atoms with Gasteiger partial charge in [0.05, 0.1) is 20.8 Å². The van der Waals surface area contributed by atoms with E-state index in [0.717, 1.165) is 49.9 Å². The van der Waals surface area contributed by atoms with E-state index in [2.05, 4.69) is 32.9 Å². The van der Waals surface area contributed by atoms with Crippen molar-refractivity contribution in [1.82, 2.24) is 20.4 Å². The highest BCUT2D eigenvalue weighted by molar-refractivity contribution is 5.79. The second-order valence-corrected chi connectivity index (χ2v) is 7.53. The Bertz CT molecular complexity index is 783. The lowest BCUT2D eigenvalue weighted by Gasteiger charge is -2.38. The molecule has 158 valence electrons. The van der Waals surface area contributed by atoms with E-state index in [4.69, 9.17) is 9.47 Å². The van der Waals surface area contributed by atoms with E-state index >= 15 is 0 Å². The fourth-order valence-corrected chi connectivity index (χ4v) is 4.16. The summed E-state index contributed by atoms with van der Waals surface area (Å²) in [4.78, 5) is 4.40. The monoisotopic (exact) mass is 399 g/mol. The lowest BCUT2D eigenvalue weighted by Crippen LogP contribution is -2.47. The molecule has 0 unspecified atom stereocenters. The first-order chi connectivity index (χ1) is 14.2. The summed E-state index contributed by atoms with van der Waals surface area (Å²) in [6.45, 7) is 2.41. The van der Waals surface area contributed by atoms with E-state index in [1.165, 1.54) is 24.8 Å². The molecule has 7 nitrogen and oxygen atoms in total. The molecule has 2 aromatic rings. The van der Waals surface area contributed by atoms with E-state index in [1.807, 2.05) is 30.1 Å². The number of rotatable bonds is 8. The van der Waals surface area contributed by atoms with Gasteiger partial charge in [0.1, 0.15) is 0 Å². The number of hydrogen-bond donors (Lipinski definition) is 2. The summed E-state index contributed by atoms with van der Waals surface area (Å²) in [5, 5.41) is 11.2. The molecule has 1 aliphatic carbocycles. The summed E-state index contributed by atoms with van der Waals surface area (Å²) in [6, 6.07) is 8.27. The van der Waals surface area contributed by atoms with Gasteiger partial charge in [-0.15, -0.1) is 0 Å². The van der Waals surface area contributed by atoms with Gasteiger partial charge < -0.3 is 20.1 Å². The van der Waals surface area contributed by atoms with E-state index < -0.39 is 0 Å². The zero-order valence-corrected chi connectivity index (χ0v) is 17.8. The smallest absolute Gasteiger partial charge is 0.191 e. The number of nitrogens with zero attached hydrogens (tertiary/aromatic N) is 3. The van der Waals surface area contributed by atoms with E-state index in [9.17, 15) is 0 Å². The lowest BCUT2D eigenvalue weighted by atomic mass is 9.69. The third kappa shape index (κ3) is 5.22. The van der Waals surface area contributed by atoms with Crippen molar-refractivity contribution in [2.75, 3.05) is 34.4 Å². The van der Waals surface area contributed by atoms with E-state index in [0.29, 0.717) is 0 Å². The number of methoxy groups -OCH3 is 2. The van der Waals surface area contributed by atoms with Gasteiger partial charge in [-0.05, 0) is 36.6 Å². The zero-order valence-electron chi connectivity index (χ0n) is 17.8. The highest BCUT2D eigenvalue weighted by atomic mass is 16.5. The van der Waals surface area contributed by atoms with Gasteiger partial charge in [-0.1, -0.05) is 25.3 Å². The maximum Gasteiger partial charge on any atom is 0.191 e. The van der Waals surface area contributed by atoms with Gasteiger partial charge in [0.25, 0.3) is 0 Å². The Labute approximate surface area is 173 Å². The Kier molecular flexibility index (Phi) is 7.38. The topological polar surface area (TPSA) is 72.7 Å². The largest absolute Gasteiger partial charge is 0.493 e. The molecule has 0 bridgehead atoms. The van der Waals surface area contributed by atoms with Crippen LogP contribution in [0.2, 0.25) is 0 Å². The first-order valence-corrected chi connectivity index (χ1v) is 10.4. The highest BCUT2D eigenvalue weighted by Crippen LogP contribution is 2.42. The Morgan fingerprint density at radius 3 is 2.59 bits per heavy atom. The van der Waals surface area contributed by atoms with Crippen LogP contribution in [0.5, 0.6) is 11.5 Å². The Hall–Kier alpha value is -2.70. The lowest BCUT2D eigenvalue weighted by molar-refractivity contribution is 0.288. The molecule has 1 fully saturated rings. The van der Waals surface area contributed by atoms with Crippen LogP contribution in [0, 0.1) is 0 Å². The van der Waals surface area contributed by atoms with Crippen LogP contribution in [0.15, 0.2) is 41.7 Å². The van der Waals surface area contributed by atoms with Gasteiger partial charge in [-0.3, -0.25) is 9.67 Å². The molecule has 0 radical (unpaired) electrons. The van der Waals surface area contributed by atoms with Crippen LogP contribution in [-0.2, 0) is 12.0 Å². The first-order valence-electron chi connectivity index (χ1n) is 10.4. The van der Waals surface area contributed by atoms with Gasteiger partial charge in [0.2, 0.25) is 0 Å². The maximum atomic E-state index is 5.56. The van der Waals surface area contributed by atoms with Crippen LogP contribution >= 0.6 is 0 Å². The molecule has 0 atom stereocenters. The normalized spacial score (nSPS) is 16.3. The van der Waals surface area contributed by atoms with Crippen LogP contribution in [0.3, 0.4) is 0 Å². The Balaban J connectivity index is 1.68. The minimum atomic E-state index is 0.0669. The molecule has 0 aliphatic heterocycles. The van der Waals surface area contributed by atoms with Crippen molar-refractivity contribution in [1.29, 1.82) is 0 Å². The third-order valence-corrected chi connectivity index (χ3v) is 5.82. The first kappa shape index (κ1) is 21.0. The summed E-state index contributed by atoms with van der Waals surface area (Å²) in [5.41, 5.74) is 1.37. The van der Waals surface area contributed by atoms with Crippen LogP contribution < -0.4 is 20.1 Å². The fraction of sp³-hybridized carbons (Fsp3) is 0.545. The highest BCUT2D eigenvalue weighted by Gasteiger charge is 2.34. The van der Waals surface area contributed by atoms with Crippen LogP contribution in [0.25, 0.3) is 0 Å². The average Bonchev–Trinajstić information content (AvgIpc) is 3.29. The molecule has 0 amide bonds. The quantitative estimate of drug-likeness (QED) is 0.527. The predicted molar refractivity (Wildman–Crippen MR) is 116 cm³/mol. The summed E-state index contributed by atoms with van der Waals surface area (Å²) in [7, 11) is 5.18. The molecule has 0 saturated heterocycles. The van der Waals surface area contributed by atoms with Crippen molar-refractivity contribution in [3.63, 3.8) is 0 Å². The van der Waals surface area contributed by atoms with Crippen molar-refractivity contribution in [3.8, 4) is 11.5 Å². The molecular formula is C22H33N5O2. The average molecular weight is 400 g/mol. The van der Waals surface area contributed by atoms with Gasteiger partial charge in [-0.25, -0.2) is 0 Å². The Morgan fingerprint density at radius 1 is 1.14 bits per heavy atom. The van der Waals surface area contributed by atoms with Crippen molar-refractivity contribution >= 4 is 5.96 Å². The van der Waals surface area contributed by atoms with Gasteiger partial charge in [0, 0.05) is 37.9 Å². The summed E-state index contributed by atoms with van der Waals surface area (Å²) in [5.74, 6) is 2.38. The fourth-order valence-electron chi connectivity index (χ4n) is 4.16. The van der Waals surface area contributed by atoms with Crippen LogP contribution in [0.4, 0.5) is 0 Å². The number of nitrogens with one attached hydrogen (secondary N) is 2. The molecule has 7 heteroatoms. The van der Waals surface area contributed by atoms with Gasteiger partial charge in [-0.2, -0.15) is 5.10 Å². The molecule has 2 N–H and O–H groups in total. The molecule has 1 saturated carbocycles. The van der Waals surface area contributed by atoms with Crippen molar-refractivity contribution in [3.05, 3.63) is 42.2 Å². The van der Waals surface area contributed by atoms with Gasteiger partial charge in [0.15, 0.2) is 17.5 Å². The number of benzene rings is 1. The standard InChI is InChI=1S/C22H33N5O2/c1-23-21(24-13-15-27-14-7-12-26-27)25-17-22(10-5-4-6-11-22)18-8-9-19(28-2)20(16-18)29-3/h7-9,12,14,16H,4-6,10-11,13,15,17H2,1-3H3,(H2,23,24,25). The molecule has 29 heavy (non-hydrogen) atoms. The molecule has 1 aromatic heterocycles. The second-order valence-electron chi connectivity index (χ2n) is 7.53. The summed E-state index contributed by atoms with van der Waals surface area (Å²) < 4.78 is 12.9. The van der Waals surface area contributed by atoms with Gasteiger partial charge >= 0.3 is 0 Å². The summed E-state index contributed by atoms with van der Waals surface area (Å²) >= 11 is 0. The van der Waals surface area contributed by atoms with Crippen molar-refractivity contribution in [2.45, 2.75) is 44.1 Å². The van der Waals surface area contributed by atoms with Crippen LogP contribution in [-0.4, -0.2) is 50.1 Å². The molecule has 0 spiro atoms. The van der Waals surface area contributed by atoms with Crippen molar-refractivity contribution < 1.29 is 9.47 Å². The van der Waals surface area contributed by atoms with Crippen LogP contribution in [0.1, 0.15) is 37.7 Å². The second kappa shape index (κ2) is 10.2. The maximum absolute atomic E-state index is 5.56. The zero-order chi connectivity index (χ0) is 20.5. The number of ether oxygens (including phenoxy) is 2. The molecular weight excluding hydrogens is 366 g/mol. The predicted octanol–water partition coefficient (Wildman–Crippen LogP) is 2.97. The van der Waals surface area contributed by atoms with E-state index in [1.54, 1.807) is 20.4 Å². The molecule has 3 rings (SSSR count). The van der Waals surface area contributed by atoms with E-state index in [-0.39, 0.29) is 5.41 Å². The minimum absolute atomic E-state index is 0.0669. The third-order valence-electron chi connectivity index (χ3n) is 5.82. The molecule has 1 aromatic carbocycles. The minimum Gasteiger partial charge on any atom is -0.493 e. The Morgan fingerprint density at radius 2 is 1.93 bits per heavy atom. The molecule has 1 aliphatic rings. The number of aromatic nitrogens is 2.